The molecule has 2 heterocycles. The quantitative estimate of drug-likeness (QED) is 0.762. The minimum atomic E-state index is -0.357. The molecular formula is C13H20N4O2. The van der Waals surface area contributed by atoms with Crippen molar-refractivity contribution in [3.8, 4) is 5.88 Å². The lowest BCUT2D eigenvalue weighted by molar-refractivity contribution is -0.119. The van der Waals surface area contributed by atoms with E-state index in [1.807, 2.05) is 20.8 Å². The number of nitrogens with two attached hydrogens (primary N) is 1. The largest absolute Gasteiger partial charge is 0.470 e. The first-order valence-corrected chi connectivity index (χ1v) is 6.32. The van der Waals surface area contributed by atoms with Crippen LogP contribution >= 0.6 is 0 Å². The number of amides is 1. The number of hydrogen-bond donors (Lipinski definition) is 3. The van der Waals surface area contributed by atoms with E-state index in [0.29, 0.717) is 30.4 Å². The molecule has 6 heteroatoms. The molecule has 2 rings (SSSR count). The number of anilines is 2. The van der Waals surface area contributed by atoms with Gasteiger partial charge in [0.2, 0.25) is 11.8 Å². The van der Waals surface area contributed by atoms with Gasteiger partial charge in [0.15, 0.2) is 0 Å². The van der Waals surface area contributed by atoms with Crippen LogP contribution in [-0.4, -0.2) is 29.1 Å². The van der Waals surface area contributed by atoms with Gasteiger partial charge < -0.3 is 21.1 Å². The molecule has 0 aliphatic carbocycles. The molecule has 0 radical (unpaired) electrons. The molecule has 1 unspecified atom stereocenters. The summed E-state index contributed by atoms with van der Waals surface area (Å²) in [5.74, 6) is 1.13. The topological polar surface area (TPSA) is 89.3 Å². The third-order valence-electron chi connectivity index (χ3n) is 2.62. The Morgan fingerprint density at radius 1 is 1.47 bits per heavy atom. The van der Waals surface area contributed by atoms with Crippen molar-refractivity contribution in [2.45, 2.75) is 38.8 Å². The van der Waals surface area contributed by atoms with Gasteiger partial charge in [-0.1, -0.05) is 0 Å². The summed E-state index contributed by atoms with van der Waals surface area (Å²) < 4.78 is 5.70. The first-order valence-electron chi connectivity index (χ1n) is 6.32. The van der Waals surface area contributed by atoms with E-state index in [0.717, 1.165) is 0 Å². The molecule has 1 amide bonds. The Bertz CT molecular complexity index is 482. The molecule has 6 nitrogen and oxygen atoms in total. The van der Waals surface area contributed by atoms with E-state index in [1.54, 1.807) is 12.1 Å². The molecule has 0 aromatic carbocycles. The van der Waals surface area contributed by atoms with E-state index in [1.165, 1.54) is 0 Å². The van der Waals surface area contributed by atoms with Crippen molar-refractivity contribution < 1.29 is 9.53 Å². The fourth-order valence-electron chi connectivity index (χ4n) is 1.82. The van der Waals surface area contributed by atoms with Crippen LogP contribution in [0.3, 0.4) is 0 Å². The average Bonchev–Trinajstić information content (AvgIpc) is 2.67. The van der Waals surface area contributed by atoms with Crippen molar-refractivity contribution in [3.63, 3.8) is 0 Å². The number of aromatic nitrogens is 1. The molecular weight excluding hydrogens is 244 g/mol. The number of rotatable bonds is 3. The average molecular weight is 264 g/mol. The first kappa shape index (κ1) is 13.5. The molecule has 4 N–H and O–H groups in total. The Balaban J connectivity index is 2.10. The van der Waals surface area contributed by atoms with Gasteiger partial charge in [-0.25, -0.2) is 0 Å². The molecule has 1 saturated heterocycles. The molecule has 1 aliphatic heterocycles. The molecule has 1 fully saturated rings. The third kappa shape index (κ3) is 3.74. The van der Waals surface area contributed by atoms with Gasteiger partial charge in [0.05, 0.1) is 11.7 Å². The zero-order valence-electron chi connectivity index (χ0n) is 11.5. The van der Waals surface area contributed by atoms with Crippen molar-refractivity contribution in [1.82, 2.24) is 10.3 Å². The van der Waals surface area contributed by atoms with Gasteiger partial charge in [0, 0.05) is 13.0 Å². The van der Waals surface area contributed by atoms with E-state index in [-0.39, 0.29) is 17.6 Å². The second-order valence-corrected chi connectivity index (χ2v) is 5.65. The Hall–Kier alpha value is -1.98. The highest BCUT2D eigenvalue weighted by atomic mass is 16.5. The van der Waals surface area contributed by atoms with E-state index >= 15 is 0 Å². The monoisotopic (exact) mass is 264 g/mol. The molecule has 104 valence electrons. The van der Waals surface area contributed by atoms with Gasteiger partial charge in [0.1, 0.15) is 11.4 Å². The number of hydrogen-bond acceptors (Lipinski definition) is 5. The number of nitrogen functional groups attached to an aromatic ring is 1. The van der Waals surface area contributed by atoms with Crippen molar-refractivity contribution in [3.05, 3.63) is 12.1 Å². The predicted octanol–water partition coefficient (Wildman–Crippen LogP) is 1.14. The van der Waals surface area contributed by atoms with Crippen LogP contribution in [0.1, 0.15) is 27.2 Å². The molecule has 1 aliphatic rings. The molecule has 1 atom stereocenters. The standard InChI is InChI=1S/C13H20N4O2/c1-13(2,3)19-12-9(14)4-5-10(17-12)16-8-6-11(18)15-7-8/h4-5,8H,6-7,14H2,1-3H3,(H,15,18)(H,16,17). The molecule has 0 bridgehead atoms. The van der Waals surface area contributed by atoms with Gasteiger partial charge in [0.25, 0.3) is 0 Å². The van der Waals surface area contributed by atoms with Crippen LogP contribution in [0.2, 0.25) is 0 Å². The zero-order valence-corrected chi connectivity index (χ0v) is 11.5. The summed E-state index contributed by atoms with van der Waals surface area (Å²) in [5.41, 5.74) is 5.99. The van der Waals surface area contributed by atoms with Crippen LogP contribution in [0.25, 0.3) is 0 Å². The van der Waals surface area contributed by atoms with Gasteiger partial charge in [-0.15, -0.1) is 0 Å². The summed E-state index contributed by atoms with van der Waals surface area (Å²) in [7, 11) is 0. The van der Waals surface area contributed by atoms with Crippen LogP contribution < -0.4 is 21.1 Å². The Kier molecular flexibility index (Phi) is 3.50. The van der Waals surface area contributed by atoms with Crippen LogP contribution in [0.5, 0.6) is 5.88 Å². The van der Waals surface area contributed by atoms with Crippen LogP contribution in [0.15, 0.2) is 12.1 Å². The fraction of sp³-hybridized carbons (Fsp3) is 0.538. The van der Waals surface area contributed by atoms with Crippen molar-refractivity contribution in [2.75, 3.05) is 17.6 Å². The summed E-state index contributed by atoms with van der Waals surface area (Å²) >= 11 is 0. The smallest absolute Gasteiger partial charge is 0.239 e. The molecule has 19 heavy (non-hydrogen) atoms. The van der Waals surface area contributed by atoms with Crippen molar-refractivity contribution in [1.29, 1.82) is 0 Å². The number of ether oxygens (including phenoxy) is 1. The van der Waals surface area contributed by atoms with Gasteiger partial charge in [-0.05, 0) is 32.9 Å². The summed E-state index contributed by atoms with van der Waals surface area (Å²) in [6.07, 6.45) is 0.460. The SMILES string of the molecule is CC(C)(C)Oc1nc(NC2CNC(=O)C2)ccc1N. The maximum absolute atomic E-state index is 11.1. The van der Waals surface area contributed by atoms with Crippen LogP contribution in [0.4, 0.5) is 11.5 Å². The Morgan fingerprint density at radius 3 is 2.79 bits per heavy atom. The Morgan fingerprint density at radius 2 is 2.21 bits per heavy atom. The maximum Gasteiger partial charge on any atom is 0.239 e. The highest BCUT2D eigenvalue weighted by molar-refractivity contribution is 5.79. The van der Waals surface area contributed by atoms with E-state index < -0.39 is 0 Å². The highest BCUT2D eigenvalue weighted by Crippen LogP contribution is 2.25. The normalized spacial score (nSPS) is 19.1. The summed E-state index contributed by atoms with van der Waals surface area (Å²) in [6, 6.07) is 3.60. The van der Waals surface area contributed by atoms with Crippen molar-refractivity contribution >= 4 is 17.4 Å². The van der Waals surface area contributed by atoms with Crippen molar-refractivity contribution in [2.24, 2.45) is 0 Å². The van der Waals surface area contributed by atoms with E-state index in [9.17, 15) is 4.79 Å². The minimum absolute atomic E-state index is 0.0547. The minimum Gasteiger partial charge on any atom is -0.470 e. The number of pyridine rings is 1. The van der Waals surface area contributed by atoms with Gasteiger partial charge in [-0.3, -0.25) is 4.79 Å². The van der Waals surface area contributed by atoms with Crippen LogP contribution in [0, 0.1) is 0 Å². The predicted molar refractivity (Wildman–Crippen MR) is 74.1 cm³/mol. The Labute approximate surface area is 112 Å². The lowest BCUT2D eigenvalue weighted by atomic mass is 10.2. The zero-order chi connectivity index (χ0) is 14.0. The number of carbonyl (C=O) groups is 1. The number of carbonyl (C=O) groups excluding carboxylic acids is 1. The number of nitrogens with zero attached hydrogens (tertiary/aromatic N) is 1. The van der Waals surface area contributed by atoms with E-state index in [2.05, 4.69) is 15.6 Å². The first-order chi connectivity index (χ1) is 8.83. The van der Waals surface area contributed by atoms with Crippen LogP contribution in [-0.2, 0) is 4.79 Å². The highest BCUT2D eigenvalue weighted by Gasteiger charge is 2.22. The summed E-state index contributed by atoms with van der Waals surface area (Å²) in [4.78, 5) is 15.5. The van der Waals surface area contributed by atoms with E-state index in [4.69, 9.17) is 10.5 Å². The second kappa shape index (κ2) is 4.95. The molecule has 1 aromatic heterocycles. The summed E-state index contributed by atoms with van der Waals surface area (Å²) in [5, 5.41) is 5.96. The molecule has 1 aromatic rings. The molecule has 0 spiro atoms. The lowest BCUT2D eigenvalue weighted by Gasteiger charge is -2.22. The fourth-order valence-corrected chi connectivity index (χ4v) is 1.82. The number of nitrogens with one attached hydrogen (secondary N) is 2. The lowest BCUT2D eigenvalue weighted by Crippen LogP contribution is -2.25. The molecule has 0 saturated carbocycles. The maximum atomic E-state index is 11.1. The van der Waals surface area contributed by atoms with Gasteiger partial charge >= 0.3 is 0 Å². The van der Waals surface area contributed by atoms with Gasteiger partial charge in [-0.2, -0.15) is 4.98 Å². The third-order valence-corrected chi connectivity index (χ3v) is 2.62. The summed E-state index contributed by atoms with van der Waals surface area (Å²) in [6.45, 7) is 6.43. The second-order valence-electron chi connectivity index (χ2n) is 5.65.